The Morgan fingerprint density at radius 2 is 1.68 bits per heavy atom. The number of aliphatic hydroxyl groups is 1. The van der Waals surface area contributed by atoms with Gasteiger partial charge >= 0.3 is 5.97 Å². The second kappa shape index (κ2) is 5.80. The lowest BCUT2D eigenvalue weighted by atomic mass is 9.80. The summed E-state index contributed by atoms with van der Waals surface area (Å²) >= 11 is 0. The summed E-state index contributed by atoms with van der Waals surface area (Å²) in [5, 5.41) is 10.7. The normalized spacial score (nSPS) is 22.3. The smallest absolute Gasteiger partial charge is 0.312 e. The highest BCUT2D eigenvalue weighted by Gasteiger charge is 2.42. The van der Waals surface area contributed by atoms with Crippen LogP contribution in [0.4, 0.5) is 0 Å². The van der Waals surface area contributed by atoms with Crippen LogP contribution in [0.3, 0.4) is 0 Å². The Kier molecular flexibility index (Phi) is 5.02. The highest BCUT2D eigenvalue weighted by Crippen LogP contribution is 2.32. The Labute approximate surface area is 117 Å². The van der Waals surface area contributed by atoms with Crippen LogP contribution in [0.1, 0.15) is 54.4 Å². The van der Waals surface area contributed by atoms with Crippen molar-refractivity contribution < 1.29 is 14.6 Å². The van der Waals surface area contributed by atoms with Gasteiger partial charge < -0.3 is 14.7 Å². The van der Waals surface area contributed by atoms with Crippen LogP contribution in [0, 0.1) is 5.92 Å². The third-order valence-corrected chi connectivity index (χ3v) is 3.96. The molecule has 0 bridgehead atoms. The van der Waals surface area contributed by atoms with E-state index < -0.39 is 17.1 Å². The number of ether oxygens (including phenoxy) is 1. The standard InChI is InChI=1S/C15H29NO3/c1-11(2)16-9-7-15(18,8-10-16)12(3)13(17)19-14(4,5)6/h11-12,18H,7-10H2,1-6H3. The van der Waals surface area contributed by atoms with Crippen molar-refractivity contribution in [2.75, 3.05) is 13.1 Å². The van der Waals surface area contributed by atoms with Gasteiger partial charge in [0.2, 0.25) is 0 Å². The first kappa shape index (κ1) is 16.4. The Balaban J connectivity index is 2.62. The lowest BCUT2D eigenvalue weighted by molar-refractivity contribution is -0.172. The summed E-state index contributed by atoms with van der Waals surface area (Å²) in [5.41, 5.74) is -1.42. The van der Waals surface area contributed by atoms with E-state index in [1.165, 1.54) is 0 Å². The zero-order chi connectivity index (χ0) is 14.8. The molecule has 0 aliphatic carbocycles. The van der Waals surface area contributed by atoms with Gasteiger partial charge in [0, 0.05) is 19.1 Å². The summed E-state index contributed by atoms with van der Waals surface area (Å²) in [6, 6.07) is 0.487. The molecule has 0 spiro atoms. The summed E-state index contributed by atoms with van der Waals surface area (Å²) in [6.45, 7) is 13.3. The molecule has 112 valence electrons. The Morgan fingerprint density at radius 3 is 2.05 bits per heavy atom. The number of likely N-dealkylation sites (tertiary alicyclic amines) is 1. The second-order valence-electron chi connectivity index (χ2n) is 6.99. The molecule has 0 aromatic carbocycles. The van der Waals surface area contributed by atoms with E-state index in [0.29, 0.717) is 18.9 Å². The van der Waals surface area contributed by atoms with Crippen molar-refractivity contribution in [3.63, 3.8) is 0 Å². The minimum absolute atomic E-state index is 0.298. The topological polar surface area (TPSA) is 49.8 Å². The number of piperidine rings is 1. The fourth-order valence-corrected chi connectivity index (χ4v) is 2.47. The monoisotopic (exact) mass is 271 g/mol. The molecule has 0 aromatic heterocycles. The van der Waals surface area contributed by atoms with Crippen LogP contribution in [0.25, 0.3) is 0 Å². The van der Waals surface area contributed by atoms with Crippen molar-refractivity contribution in [2.45, 2.75) is 71.6 Å². The van der Waals surface area contributed by atoms with E-state index >= 15 is 0 Å². The van der Waals surface area contributed by atoms with E-state index in [2.05, 4.69) is 18.7 Å². The van der Waals surface area contributed by atoms with Gasteiger partial charge in [-0.2, -0.15) is 0 Å². The van der Waals surface area contributed by atoms with Gasteiger partial charge in [-0.3, -0.25) is 4.79 Å². The third-order valence-electron chi connectivity index (χ3n) is 3.96. The molecule has 1 N–H and O–H groups in total. The first-order chi connectivity index (χ1) is 8.55. The molecular weight excluding hydrogens is 242 g/mol. The number of rotatable bonds is 3. The summed E-state index contributed by atoms with van der Waals surface area (Å²) < 4.78 is 5.38. The van der Waals surface area contributed by atoms with Gasteiger partial charge in [-0.15, -0.1) is 0 Å². The molecule has 0 aromatic rings. The molecule has 0 saturated carbocycles. The average molecular weight is 271 g/mol. The predicted octanol–water partition coefficient (Wildman–Crippen LogP) is 2.20. The van der Waals surface area contributed by atoms with E-state index in [9.17, 15) is 9.90 Å². The molecule has 1 saturated heterocycles. The van der Waals surface area contributed by atoms with Gasteiger partial charge in [0.05, 0.1) is 11.5 Å². The van der Waals surface area contributed by atoms with E-state index in [1.54, 1.807) is 6.92 Å². The maximum atomic E-state index is 12.1. The van der Waals surface area contributed by atoms with Gasteiger partial charge in [-0.25, -0.2) is 0 Å². The largest absolute Gasteiger partial charge is 0.460 e. The maximum absolute atomic E-state index is 12.1. The van der Waals surface area contributed by atoms with Crippen LogP contribution < -0.4 is 0 Å². The van der Waals surface area contributed by atoms with Crippen LogP contribution in [0.2, 0.25) is 0 Å². The molecule has 1 rings (SSSR count). The summed E-state index contributed by atoms with van der Waals surface area (Å²) in [6.07, 6.45) is 1.26. The highest BCUT2D eigenvalue weighted by molar-refractivity contribution is 5.74. The Bertz CT molecular complexity index is 312. The first-order valence-corrected chi connectivity index (χ1v) is 7.24. The molecule has 1 fully saturated rings. The van der Waals surface area contributed by atoms with Crippen LogP contribution >= 0.6 is 0 Å². The third kappa shape index (κ3) is 4.46. The van der Waals surface area contributed by atoms with E-state index in [1.807, 2.05) is 20.8 Å². The van der Waals surface area contributed by atoms with E-state index in [0.717, 1.165) is 13.1 Å². The Morgan fingerprint density at radius 1 is 1.21 bits per heavy atom. The maximum Gasteiger partial charge on any atom is 0.312 e. The molecule has 1 aliphatic rings. The average Bonchev–Trinajstić information content (AvgIpc) is 2.26. The van der Waals surface area contributed by atoms with Gasteiger partial charge in [-0.1, -0.05) is 0 Å². The van der Waals surface area contributed by atoms with Crippen LogP contribution in [0.5, 0.6) is 0 Å². The fourth-order valence-electron chi connectivity index (χ4n) is 2.47. The van der Waals surface area contributed by atoms with Gasteiger partial charge in [0.15, 0.2) is 0 Å². The summed E-state index contributed by atoms with van der Waals surface area (Å²) in [4.78, 5) is 14.4. The van der Waals surface area contributed by atoms with Crippen molar-refractivity contribution in [3.05, 3.63) is 0 Å². The van der Waals surface area contributed by atoms with Gasteiger partial charge in [-0.05, 0) is 54.4 Å². The molecule has 1 atom stereocenters. The molecule has 4 nitrogen and oxygen atoms in total. The molecule has 1 aliphatic heterocycles. The minimum atomic E-state index is -0.923. The first-order valence-electron chi connectivity index (χ1n) is 7.24. The minimum Gasteiger partial charge on any atom is -0.460 e. The zero-order valence-corrected chi connectivity index (χ0v) is 13.2. The van der Waals surface area contributed by atoms with Crippen molar-refractivity contribution in [2.24, 2.45) is 5.92 Å². The number of carbonyl (C=O) groups is 1. The quantitative estimate of drug-likeness (QED) is 0.800. The number of nitrogens with zero attached hydrogens (tertiary/aromatic N) is 1. The highest BCUT2D eigenvalue weighted by atomic mass is 16.6. The van der Waals surface area contributed by atoms with E-state index in [-0.39, 0.29) is 5.97 Å². The zero-order valence-electron chi connectivity index (χ0n) is 13.2. The van der Waals surface area contributed by atoms with Crippen molar-refractivity contribution in [3.8, 4) is 0 Å². The molecule has 0 amide bonds. The predicted molar refractivity (Wildman–Crippen MR) is 75.9 cm³/mol. The van der Waals surface area contributed by atoms with Crippen LogP contribution in [0.15, 0.2) is 0 Å². The lowest BCUT2D eigenvalue weighted by Crippen LogP contribution is -2.52. The molecule has 1 heterocycles. The van der Waals surface area contributed by atoms with Crippen molar-refractivity contribution in [1.82, 2.24) is 4.90 Å². The van der Waals surface area contributed by atoms with Crippen molar-refractivity contribution in [1.29, 1.82) is 0 Å². The Hall–Kier alpha value is -0.610. The number of esters is 1. The summed E-state index contributed by atoms with van der Waals surface area (Å²) in [7, 11) is 0. The lowest BCUT2D eigenvalue weighted by Gasteiger charge is -2.42. The molecule has 19 heavy (non-hydrogen) atoms. The number of hydrogen-bond acceptors (Lipinski definition) is 4. The molecule has 4 heteroatoms. The SMILES string of the molecule is CC(C)N1CCC(O)(C(C)C(=O)OC(C)(C)C)CC1. The van der Waals surface area contributed by atoms with E-state index in [4.69, 9.17) is 4.74 Å². The second-order valence-corrected chi connectivity index (χ2v) is 6.99. The van der Waals surface area contributed by atoms with Crippen LogP contribution in [-0.4, -0.2) is 46.3 Å². The fraction of sp³-hybridized carbons (Fsp3) is 0.933. The van der Waals surface area contributed by atoms with Crippen LogP contribution in [-0.2, 0) is 9.53 Å². The van der Waals surface area contributed by atoms with Crippen molar-refractivity contribution >= 4 is 5.97 Å². The summed E-state index contributed by atoms with van der Waals surface area (Å²) in [5.74, 6) is -0.769. The number of hydrogen-bond donors (Lipinski definition) is 1. The molecule has 0 radical (unpaired) electrons. The molecular formula is C15H29NO3. The number of carbonyl (C=O) groups excluding carboxylic acids is 1. The van der Waals surface area contributed by atoms with Gasteiger partial charge in [0.25, 0.3) is 0 Å². The molecule has 1 unspecified atom stereocenters. The van der Waals surface area contributed by atoms with Gasteiger partial charge in [0.1, 0.15) is 5.60 Å².